The predicted molar refractivity (Wildman–Crippen MR) is 125 cm³/mol. The highest BCUT2D eigenvalue weighted by Crippen LogP contribution is 2.24. The number of carbonyl (C=O) groups is 2. The number of nitrogens with two attached hydrogens (primary N) is 1. The average Bonchev–Trinajstić information content (AvgIpc) is 2.78. The fourth-order valence-electron chi connectivity index (χ4n) is 3.46. The molecule has 1 aliphatic heterocycles. The van der Waals surface area contributed by atoms with Crippen LogP contribution in [0.2, 0.25) is 0 Å². The van der Waals surface area contributed by atoms with E-state index in [1.807, 2.05) is 18.0 Å². The van der Waals surface area contributed by atoms with Gasteiger partial charge >= 0.3 is 0 Å². The van der Waals surface area contributed by atoms with Crippen LogP contribution in [0.1, 0.15) is 28.4 Å². The molecule has 3 rings (SSSR count). The second kappa shape index (κ2) is 10.4. The lowest BCUT2D eigenvalue weighted by Crippen LogP contribution is -2.47. The molecule has 1 aromatic heterocycles. The van der Waals surface area contributed by atoms with E-state index in [1.54, 1.807) is 31.4 Å². The SMILES string of the molecule is CSc1nc(N)nc(N[C@@H](C)C(=O)Cc2cccc(C(=O)N3CCN(C)CC3)c2)c1C#N. The van der Waals surface area contributed by atoms with Gasteiger partial charge in [0, 0.05) is 38.2 Å². The molecular weight excluding hydrogens is 426 g/mol. The van der Waals surface area contributed by atoms with E-state index in [0.717, 1.165) is 18.7 Å². The smallest absolute Gasteiger partial charge is 0.253 e. The van der Waals surface area contributed by atoms with E-state index in [9.17, 15) is 14.9 Å². The molecule has 1 amide bonds. The van der Waals surface area contributed by atoms with Crippen molar-refractivity contribution >= 4 is 35.2 Å². The van der Waals surface area contributed by atoms with Crippen LogP contribution >= 0.6 is 11.8 Å². The summed E-state index contributed by atoms with van der Waals surface area (Å²) in [4.78, 5) is 37.9. The number of nitrogens with one attached hydrogen (secondary N) is 1. The molecule has 0 spiro atoms. The summed E-state index contributed by atoms with van der Waals surface area (Å²) in [6, 6.07) is 8.65. The fourth-order valence-corrected chi connectivity index (χ4v) is 3.99. The molecule has 9 nitrogen and oxygen atoms in total. The second-order valence-electron chi connectivity index (χ2n) is 7.73. The van der Waals surface area contributed by atoms with Crippen molar-refractivity contribution in [2.24, 2.45) is 0 Å². The molecule has 3 N–H and O–H groups in total. The average molecular weight is 454 g/mol. The van der Waals surface area contributed by atoms with Gasteiger partial charge in [-0.1, -0.05) is 12.1 Å². The molecule has 1 saturated heterocycles. The standard InChI is InChI=1S/C22H27N7O2S/c1-14(25-19-17(13-23)20(32-3)27-22(24)26-19)18(30)12-15-5-4-6-16(11-15)21(31)29-9-7-28(2)8-10-29/h4-6,11,14H,7-10,12H2,1-3H3,(H3,24,25,26,27)/t14-/m0/s1. The molecule has 32 heavy (non-hydrogen) atoms. The first-order valence-corrected chi connectivity index (χ1v) is 11.5. The van der Waals surface area contributed by atoms with Crippen LogP contribution < -0.4 is 11.1 Å². The number of amides is 1. The van der Waals surface area contributed by atoms with Crippen molar-refractivity contribution in [1.82, 2.24) is 19.8 Å². The van der Waals surface area contributed by atoms with Gasteiger partial charge in [0.05, 0.1) is 6.04 Å². The maximum absolute atomic E-state index is 12.8. The monoisotopic (exact) mass is 453 g/mol. The van der Waals surface area contributed by atoms with E-state index in [-0.39, 0.29) is 35.4 Å². The molecule has 0 unspecified atom stereocenters. The lowest BCUT2D eigenvalue weighted by molar-refractivity contribution is -0.118. The largest absolute Gasteiger partial charge is 0.368 e. The van der Waals surface area contributed by atoms with Gasteiger partial charge in [-0.25, -0.2) is 4.98 Å². The number of benzene rings is 1. The zero-order valence-electron chi connectivity index (χ0n) is 18.5. The number of nitriles is 1. The van der Waals surface area contributed by atoms with Gasteiger partial charge in [0.15, 0.2) is 11.6 Å². The second-order valence-corrected chi connectivity index (χ2v) is 8.53. The van der Waals surface area contributed by atoms with Crippen molar-refractivity contribution in [3.05, 3.63) is 41.0 Å². The molecule has 2 heterocycles. The van der Waals surface area contributed by atoms with Crippen molar-refractivity contribution in [2.75, 3.05) is 50.5 Å². The minimum atomic E-state index is -0.608. The molecule has 0 aliphatic carbocycles. The van der Waals surface area contributed by atoms with E-state index < -0.39 is 6.04 Å². The molecule has 168 valence electrons. The van der Waals surface area contributed by atoms with Crippen LogP contribution in [0.25, 0.3) is 0 Å². The van der Waals surface area contributed by atoms with Crippen LogP contribution in [-0.2, 0) is 11.2 Å². The Balaban J connectivity index is 1.69. The van der Waals surface area contributed by atoms with Gasteiger partial charge in [-0.3, -0.25) is 9.59 Å². The highest BCUT2D eigenvalue weighted by molar-refractivity contribution is 7.98. The van der Waals surface area contributed by atoms with Crippen LogP contribution in [0.15, 0.2) is 29.3 Å². The number of Topliss-reactive ketones (excluding diaryl/α,β-unsaturated/α-hetero) is 1. The molecular formula is C22H27N7O2S. The lowest BCUT2D eigenvalue weighted by Gasteiger charge is -2.32. The molecule has 0 saturated carbocycles. The zero-order chi connectivity index (χ0) is 23.3. The highest BCUT2D eigenvalue weighted by atomic mass is 32.2. The first-order valence-electron chi connectivity index (χ1n) is 10.3. The Morgan fingerprint density at radius 1 is 1.28 bits per heavy atom. The molecule has 0 bridgehead atoms. The van der Waals surface area contributed by atoms with Crippen LogP contribution in [0.4, 0.5) is 11.8 Å². The van der Waals surface area contributed by atoms with Gasteiger partial charge in [0.2, 0.25) is 5.95 Å². The Labute approximate surface area is 192 Å². The number of anilines is 2. The number of likely N-dealkylation sites (N-methyl/N-ethyl adjacent to an activating group) is 1. The number of rotatable bonds is 7. The minimum absolute atomic E-state index is 0.0155. The first kappa shape index (κ1) is 23.5. The fraction of sp³-hybridized carbons (Fsp3) is 0.409. The van der Waals surface area contributed by atoms with E-state index in [4.69, 9.17) is 5.73 Å². The quantitative estimate of drug-likeness (QED) is 0.475. The van der Waals surface area contributed by atoms with E-state index in [1.165, 1.54) is 11.8 Å². The summed E-state index contributed by atoms with van der Waals surface area (Å²) in [7, 11) is 2.04. The van der Waals surface area contributed by atoms with E-state index in [2.05, 4.69) is 26.3 Å². The number of hydrogen-bond acceptors (Lipinski definition) is 9. The van der Waals surface area contributed by atoms with Gasteiger partial charge in [0.1, 0.15) is 16.7 Å². The first-order chi connectivity index (χ1) is 15.3. The number of hydrogen-bond donors (Lipinski definition) is 2. The number of aromatic nitrogens is 2. The Morgan fingerprint density at radius 3 is 2.66 bits per heavy atom. The van der Waals surface area contributed by atoms with E-state index >= 15 is 0 Å². The maximum atomic E-state index is 12.8. The van der Waals surface area contributed by atoms with Gasteiger partial charge in [-0.2, -0.15) is 10.2 Å². The molecule has 2 aromatic rings. The van der Waals surface area contributed by atoms with Gasteiger partial charge < -0.3 is 20.9 Å². The Bertz CT molecular complexity index is 1050. The van der Waals surface area contributed by atoms with Crippen molar-refractivity contribution in [2.45, 2.75) is 24.4 Å². The van der Waals surface area contributed by atoms with Crippen molar-refractivity contribution in [3.63, 3.8) is 0 Å². The number of carbonyl (C=O) groups excluding carboxylic acids is 2. The lowest BCUT2D eigenvalue weighted by atomic mass is 10.0. The van der Waals surface area contributed by atoms with Crippen LogP contribution in [0.5, 0.6) is 0 Å². The molecule has 1 aliphatic rings. The van der Waals surface area contributed by atoms with Crippen LogP contribution in [0, 0.1) is 11.3 Å². The molecule has 1 aromatic carbocycles. The van der Waals surface area contributed by atoms with Crippen LogP contribution in [-0.4, -0.2) is 77.0 Å². The third kappa shape index (κ3) is 5.55. The van der Waals surface area contributed by atoms with E-state index in [0.29, 0.717) is 23.7 Å². The summed E-state index contributed by atoms with van der Waals surface area (Å²) in [6.45, 7) is 4.80. The molecule has 10 heteroatoms. The summed E-state index contributed by atoms with van der Waals surface area (Å²) in [5, 5.41) is 12.9. The van der Waals surface area contributed by atoms with Crippen molar-refractivity contribution < 1.29 is 9.59 Å². The summed E-state index contributed by atoms with van der Waals surface area (Å²) >= 11 is 1.29. The predicted octanol–water partition coefficient (Wildman–Crippen LogP) is 1.65. The number of nitrogens with zero attached hydrogens (tertiary/aromatic N) is 5. The Kier molecular flexibility index (Phi) is 7.66. The number of ketones is 1. The topological polar surface area (TPSA) is 128 Å². The van der Waals surface area contributed by atoms with Gasteiger partial charge in [0.25, 0.3) is 5.91 Å². The summed E-state index contributed by atoms with van der Waals surface area (Å²) < 4.78 is 0. The minimum Gasteiger partial charge on any atom is -0.368 e. The number of piperazine rings is 1. The third-order valence-electron chi connectivity index (χ3n) is 5.38. The van der Waals surface area contributed by atoms with Crippen molar-refractivity contribution in [1.29, 1.82) is 5.26 Å². The summed E-state index contributed by atoms with van der Waals surface area (Å²) in [5.74, 6) is 0.161. The summed E-state index contributed by atoms with van der Waals surface area (Å²) in [6.07, 6.45) is 1.94. The zero-order valence-corrected chi connectivity index (χ0v) is 19.3. The van der Waals surface area contributed by atoms with Gasteiger partial charge in [-0.05, 0) is 37.9 Å². The number of thioether (sulfide) groups is 1. The maximum Gasteiger partial charge on any atom is 0.253 e. The Morgan fingerprint density at radius 2 is 2.00 bits per heavy atom. The molecule has 1 atom stereocenters. The molecule has 1 fully saturated rings. The van der Waals surface area contributed by atoms with Crippen molar-refractivity contribution in [3.8, 4) is 6.07 Å². The highest BCUT2D eigenvalue weighted by Gasteiger charge is 2.22. The Hall–Kier alpha value is -3.16. The normalized spacial score (nSPS) is 15.1. The van der Waals surface area contributed by atoms with Gasteiger partial charge in [-0.15, -0.1) is 11.8 Å². The molecule has 0 radical (unpaired) electrons. The van der Waals surface area contributed by atoms with Crippen LogP contribution in [0.3, 0.4) is 0 Å². The third-order valence-corrected chi connectivity index (χ3v) is 6.06. The summed E-state index contributed by atoms with van der Waals surface area (Å²) in [5.41, 5.74) is 7.34. The number of nitrogen functional groups attached to an aromatic ring is 1.